The number of nitrogens with two attached hydrogens (primary N) is 1. The highest BCUT2D eigenvalue weighted by molar-refractivity contribution is 7.09. The number of nitrogens with zero attached hydrogens (tertiary/aromatic N) is 4. The first-order valence-electron chi connectivity index (χ1n) is 13.5. The molecule has 0 radical (unpaired) electrons. The van der Waals surface area contributed by atoms with E-state index in [4.69, 9.17) is 15.5 Å². The van der Waals surface area contributed by atoms with Crippen LogP contribution in [0.15, 0.2) is 30.5 Å². The largest absolute Gasteiger partial charge is 0.485 e. The second kappa shape index (κ2) is 10.4. The summed E-state index contributed by atoms with van der Waals surface area (Å²) < 4.78 is 26.1. The van der Waals surface area contributed by atoms with E-state index in [1.807, 2.05) is 6.07 Å². The average Bonchev–Trinajstić information content (AvgIpc) is 3.40. The SMILES string of the molecule is CC1Cc2cc(-c3ccc(C(=O)N[C@@H](C)C(N)=O)c(F)c3)ncc2OC12CCN(c1nc(C(C)(C)C)ns1)CC2. The Balaban J connectivity index is 1.28. The molecule has 2 aliphatic rings. The number of ether oxygens (including phenoxy) is 1. The van der Waals surface area contributed by atoms with Gasteiger partial charge < -0.3 is 20.7 Å². The van der Waals surface area contributed by atoms with E-state index in [0.717, 1.165) is 54.6 Å². The quantitative estimate of drug-likeness (QED) is 0.473. The summed E-state index contributed by atoms with van der Waals surface area (Å²) in [6.45, 7) is 11.7. The lowest BCUT2D eigenvalue weighted by Crippen LogP contribution is -2.54. The first-order valence-corrected chi connectivity index (χ1v) is 14.3. The number of benzene rings is 1. The molecular formula is C29H35FN6O3S. The van der Waals surface area contributed by atoms with Crippen molar-refractivity contribution < 1.29 is 18.7 Å². The van der Waals surface area contributed by atoms with Gasteiger partial charge in [0.05, 0.1) is 17.5 Å². The molecule has 11 heteroatoms. The Hall–Kier alpha value is -3.60. The number of aromatic nitrogens is 3. The molecule has 2 aromatic heterocycles. The zero-order valence-corrected chi connectivity index (χ0v) is 24.3. The van der Waals surface area contributed by atoms with E-state index in [0.29, 0.717) is 11.3 Å². The molecule has 3 aromatic rings. The molecule has 1 aromatic carbocycles. The normalized spacial score (nSPS) is 19.1. The van der Waals surface area contributed by atoms with E-state index in [-0.39, 0.29) is 22.5 Å². The third-order valence-corrected chi connectivity index (χ3v) is 8.71. The Morgan fingerprint density at radius 2 is 1.98 bits per heavy atom. The number of pyridine rings is 1. The number of piperidine rings is 1. The number of amides is 2. The van der Waals surface area contributed by atoms with Gasteiger partial charge in [-0.1, -0.05) is 33.8 Å². The van der Waals surface area contributed by atoms with Gasteiger partial charge in [-0.05, 0) is 37.1 Å². The van der Waals surface area contributed by atoms with E-state index in [1.54, 1.807) is 12.3 Å². The number of primary amides is 1. The summed E-state index contributed by atoms with van der Waals surface area (Å²) in [5.74, 6) is -0.176. The molecular weight excluding hydrogens is 531 g/mol. The van der Waals surface area contributed by atoms with Crippen LogP contribution in [0, 0.1) is 11.7 Å². The molecule has 2 aliphatic heterocycles. The van der Waals surface area contributed by atoms with Gasteiger partial charge in [0, 0.05) is 54.4 Å². The average molecular weight is 567 g/mol. The topological polar surface area (TPSA) is 123 Å². The molecule has 1 unspecified atom stereocenters. The van der Waals surface area contributed by atoms with Crippen molar-refractivity contribution in [3.05, 3.63) is 53.2 Å². The van der Waals surface area contributed by atoms with Crippen LogP contribution in [0.25, 0.3) is 11.3 Å². The summed E-state index contributed by atoms with van der Waals surface area (Å²) >= 11 is 1.46. The van der Waals surface area contributed by atoms with Crippen LogP contribution < -0.4 is 20.7 Å². The van der Waals surface area contributed by atoms with E-state index in [1.165, 1.54) is 30.6 Å². The molecule has 212 valence electrons. The summed E-state index contributed by atoms with van der Waals surface area (Å²) in [6, 6.07) is 5.34. The van der Waals surface area contributed by atoms with Crippen molar-refractivity contribution in [2.24, 2.45) is 11.7 Å². The number of rotatable bonds is 5. The molecule has 3 N–H and O–H groups in total. The molecule has 1 saturated heterocycles. The number of halogens is 1. The van der Waals surface area contributed by atoms with Crippen molar-refractivity contribution in [3.8, 4) is 17.0 Å². The predicted molar refractivity (Wildman–Crippen MR) is 152 cm³/mol. The Morgan fingerprint density at radius 3 is 2.60 bits per heavy atom. The third-order valence-electron chi connectivity index (χ3n) is 7.94. The lowest BCUT2D eigenvalue weighted by atomic mass is 9.75. The molecule has 4 heterocycles. The Bertz CT molecular complexity index is 1440. The standard InChI is InChI=1S/C29H35FN6O3S/c1-16-12-19-14-22(18-6-7-20(21(30)13-18)25(38)33-17(2)24(31)37)32-15-23(19)39-29(16)8-10-36(11-9-29)27-34-26(35-40-27)28(3,4)5/h6-7,13-17H,8-12H2,1-5H3,(H2,31,37)(H,33,38)/t16?,17-/m0/s1. The molecule has 5 rings (SSSR count). The second-order valence-electron chi connectivity index (χ2n) is 11.9. The lowest BCUT2D eigenvalue weighted by Gasteiger charge is -2.48. The van der Waals surface area contributed by atoms with Gasteiger partial charge in [0.1, 0.15) is 29.0 Å². The highest BCUT2D eigenvalue weighted by atomic mass is 32.1. The van der Waals surface area contributed by atoms with Crippen LogP contribution in [-0.2, 0) is 16.6 Å². The third kappa shape index (κ3) is 5.39. The number of carbonyl (C=O) groups is 2. The van der Waals surface area contributed by atoms with Crippen LogP contribution in [-0.4, -0.2) is 50.9 Å². The van der Waals surface area contributed by atoms with Crippen LogP contribution in [0.4, 0.5) is 9.52 Å². The summed E-state index contributed by atoms with van der Waals surface area (Å²) in [5, 5.41) is 3.36. The lowest BCUT2D eigenvalue weighted by molar-refractivity contribution is -0.119. The number of fused-ring (bicyclic) bond motifs is 1. The van der Waals surface area contributed by atoms with Gasteiger partial charge in [-0.2, -0.15) is 4.37 Å². The zero-order chi connectivity index (χ0) is 28.8. The van der Waals surface area contributed by atoms with E-state index < -0.39 is 23.7 Å². The van der Waals surface area contributed by atoms with Gasteiger partial charge in [-0.3, -0.25) is 14.6 Å². The fourth-order valence-electron chi connectivity index (χ4n) is 5.25. The fraction of sp³-hybridized carbons (Fsp3) is 0.483. The van der Waals surface area contributed by atoms with Crippen molar-refractivity contribution in [2.45, 2.75) is 70.9 Å². The first kappa shape index (κ1) is 27.9. The van der Waals surface area contributed by atoms with Gasteiger partial charge in [0.2, 0.25) is 11.0 Å². The maximum Gasteiger partial charge on any atom is 0.254 e. The highest BCUT2D eigenvalue weighted by Crippen LogP contribution is 2.44. The Kier molecular flexibility index (Phi) is 7.28. The van der Waals surface area contributed by atoms with Crippen LogP contribution in [0.3, 0.4) is 0 Å². The monoisotopic (exact) mass is 566 g/mol. The van der Waals surface area contributed by atoms with Gasteiger partial charge in [-0.15, -0.1) is 0 Å². The molecule has 9 nitrogen and oxygen atoms in total. The number of anilines is 1. The molecule has 40 heavy (non-hydrogen) atoms. The van der Waals surface area contributed by atoms with Crippen molar-refractivity contribution in [1.82, 2.24) is 19.7 Å². The maximum atomic E-state index is 14.9. The van der Waals surface area contributed by atoms with E-state index >= 15 is 0 Å². The number of hydrogen-bond donors (Lipinski definition) is 2. The Labute approximate surface area is 237 Å². The minimum Gasteiger partial charge on any atom is -0.485 e. The van der Waals surface area contributed by atoms with E-state index in [2.05, 4.69) is 47.3 Å². The molecule has 2 amide bonds. The summed E-state index contributed by atoms with van der Waals surface area (Å²) in [5.41, 5.74) is 6.85. The first-order chi connectivity index (χ1) is 18.9. The molecule has 1 fully saturated rings. The molecule has 2 atom stereocenters. The van der Waals surface area contributed by atoms with Crippen molar-refractivity contribution in [3.63, 3.8) is 0 Å². The molecule has 0 bridgehead atoms. The maximum absolute atomic E-state index is 14.9. The molecule has 0 saturated carbocycles. The van der Waals surface area contributed by atoms with Crippen molar-refractivity contribution in [1.29, 1.82) is 0 Å². The van der Waals surface area contributed by atoms with Crippen LogP contribution in [0.5, 0.6) is 5.75 Å². The fourth-order valence-corrected chi connectivity index (χ4v) is 6.16. The summed E-state index contributed by atoms with van der Waals surface area (Å²) in [4.78, 5) is 35.2. The number of nitrogens with one attached hydrogen (secondary N) is 1. The van der Waals surface area contributed by atoms with Gasteiger partial charge in [-0.25, -0.2) is 9.37 Å². The van der Waals surface area contributed by atoms with Crippen LogP contribution in [0.1, 0.15) is 69.2 Å². The minimum absolute atomic E-state index is 0.0738. The predicted octanol–water partition coefficient (Wildman–Crippen LogP) is 4.25. The van der Waals surface area contributed by atoms with Crippen molar-refractivity contribution >= 4 is 28.5 Å². The molecule has 1 spiro atoms. The van der Waals surface area contributed by atoms with Crippen molar-refractivity contribution in [2.75, 3.05) is 18.0 Å². The smallest absolute Gasteiger partial charge is 0.254 e. The minimum atomic E-state index is -0.905. The van der Waals surface area contributed by atoms with Gasteiger partial charge >= 0.3 is 0 Å². The van der Waals surface area contributed by atoms with Gasteiger partial charge in [0.25, 0.3) is 5.91 Å². The number of hydrogen-bond acceptors (Lipinski definition) is 8. The Morgan fingerprint density at radius 1 is 1.25 bits per heavy atom. The van der Waals surface area contributed by atoms with Crippen LogP contribution in [0.2, 0.25) is 0 Å². The summed E-state index contributed by atoms with van der Waals surface area (Å²) in [6.07, 6.45) is 4.30. The second-order valence-corrected chi connectivity index (χ2v) is 12.6. The summed E-state index contributed by atoms with van der Waals surface area (Å²) in [7, 11) is 0. The zero-order valence-electron chi connectivity index (χ0n) is 23.5. The molecule has 0 aliphatic carbocycles. The van der Waals surface area contributed by atoms with Gasteiger partial charge in [0.15, 0.2) is 0 Å². The number of carbonyl (C=O) groups excluding carboxylic acids is 2. The van der Waals surface area contributed by atoms with E-state index in [9.17, 15) is 14.0 Å². The van der Waals surface area contributed by atoms with Crippen LogP contribution >= 0.6 is 11.5 Å². The highest BCUT2D eigenvalue weighted by Gasteiger charge is 2.45.